The Hall–Kier alpha value is -1.29. The zero-order chi connectivity index (χ0) is 13.4. The van der Waals surface area contributed by atoms with Crippen LogP contribution in [0.4, 0.5) is 11.5 Å². The minimum atomic E-state index is 0.276. The number of nitrogens with zero attached hydrogens (tertiary/aromatic N) is 4. The Labute approximate surface area is 113 Å². The van der Waals surface area contributed by atoms with Gasteiger partial charge >= 0.3 is 0 Å². The molecular formula is C13H19ClN4. The van der Waals surface area contributed by atoms with E-state index in [1.165, 1.54) is 5.70 Å². The summed E-state index contributed by atoms with van der Waals surface area (Å²) in [5, 5.41) is 0.295. The fourth-order valence-corrected chi connectivity index (χ4v) is 2.77. The van der Waals surface area contributed by atoms with Crippen LogP contribution in [0.3, 0.4) is 0 Å². The minimum absolute atomic E-state index is 0.276. The van der Waals surface area contributed by atoms with Crippen LogP contribution in [-0.2, 0) is 0 Å². The van der Waals surface area contributed by atoms with Crippen LogP contribution in [0.1, 0.15) is 27.7 Å². The van der Waals surface area contributed by atoms with E-state index in [0.29, 0.717) is 11.3 Å². The predicted molar refractivity (Wildman–Crippen MR) is 76.3 cm³/mol. The Bertz CT molecular complexity index is 484. The molecule has 0 N–H and O–H groups in total. The monoisotopic (exact) mass is 266 g/mol. The molecule has 0 spiro atoms. The lowest BCUT2D eigenvalue weighted by Crippen LogP contribution is -2.48. The van der Waals surface area contributed by atoms with E-state index < -0.39 is 0 Å². The molecule has 98 valence electrons. The highest BCUT2D eigenvalue weighted by Crippen LogP contribution is 2.38. The Kier molecular flexibility index (Phi) is 3.48. The first-order valence-corrected chi connectivity index (χ1v) is 6.56. The molecule has 1 aromatic heterocycles. The highest BCUT2D eigenvalue weighted by atomic mass is 35.5. The lowest BCUT2D eigenvalue weighted by Gasteiger charge is -2.44. The molecule has 1 aliphatic heterocycles. The third kappa shape index (κ3) is 1.94. The van der Waals surface area contributed by atoms with Crippen LogP contribution in [0.15, 0.2) is 18.0 Å². The summed E-state index contributed by atoms with van der Waals surface area (Å²) in [6.45, 7) is 8.57. The van der Waals surface area contributed by atoms with Gasteiger partial charge in [-0.25, -0.2) is 4.98 Å². The molecule has 0 saturated heterocycles. The van der Waals surface area contributed by atoms with Crippen LogP contribution in [0, 0.1) is 0 Å². The molecule has 1 atom stereocenters. The smallest absolute Gasteiger partial charge is 0.224 e. The van der Waals surface area contributed by atoms with Gasteiger partial charge in [0.05, 0.1) is 12.2 Å². The van der Waals surface area contributed by atoms with Crippen molar-refractivity contribution in [3.8, 4) is 0 Å². The predicted octanol–water partition coefficient (Wildman–Crippen LogP) is 3.09. The molecule has 0 aromatic carbocycles. The average molecular weight is 267 g/mol. The number of aromatic nitrogens is 2. The highest BCUT2D eigenvalue weighted by Gasteiger charge is 2.33. The lowest BCUT2D eigenvalue weighted by atomic mass is 10.1. The van der Waals surface area contributed by atoms with Gasteiger partial charge in [0.1, 0.15) is 5.69 Å². The number of hydrogen-bond donors (Lipinski definition) is 0. The van der Waals surface area contributed by atoms with Gasteiger partial charge in [0.15, 0.2) is 5.82 Å². The van der Waals surface area contributed by atoms with Gasteiger partial charge in [-0.2, -0.15) is 4.98 Å². The van der Waals surface area contributed by atoms with Gasteiger partial charge in [-0.05, 0) is 39.3 Å². The molecule has 0 radical (unpaired) electrons. The van der Waals surface area contributed by atoms with Crippen LogP contribution >= 0.6 is 11.6 Å². The van der Waals surface area contributed by atoms with E-state index in [4.69, 9.17) is 11.6 Å². The first kappa shape index (κ1) is 13.1. The quantitative estimate of drug-likeness (QED) is 0.731. The summed E-state index contributed by atoms with van der Waals surface area (Å²) >= 11 is 5.93. The van der Waals surface area contributed by atoms with E-state index >= 15 is 0 Å². The Morgan fingerprint density at radius 2 is 2.11 bits per heavy atom. The standard InChI is InChI=1S/C13H19ClN4/c1-6-10-9(4)18(8(2)3)12-11(17(10)5)7-15-13(14)16-12/h6-9H,1-5H3. The van der Waals surface area contributed by atoms with E-state index in [9.17, 15) is 0 Å². The fraction of sp³-hybridized carbons (Fsp3) is 0.538. The molecule has 0 fully saturated rings. The second-order valence-electron chi connectivity index (χ2n) is 4.80. The highest BCUT2D eigenvalue weighted by molar-refractivity contribution is 6.28. The Morgan fingerprint density at radius 3 is 2.67 bits per heavy atom. The Balaban J connectivity index is 2.63. The van der Waals surface area contributed by atoms with Crippen molar-refractivity contribution in [3.63, 3.8) is 0 Å². The van der Waals surface area contributed by atoms with Crippen LogP contribution in [0.25, 0.3) is 0 Å². The molecule has 2 rings (SSSR count). The summed E-state index contributed by atoms with van der Waals surface area (Å²) in [7, 11) is 2.04. The second-order valence-corrected chi connectivity index (χ2v) is 5.14. The van der Waals surface area contributed by atoms with Crippen molar-refractivity contribution in [2.45, 2.75) is 39.8 Å². The first-order chi connectivity index (χ1) is 8.47. The molecule has 1 unspecified atom stereocenters. The van der Waals surface area contributed by atoms with Crippen LogP contribution in [0.2, 0.25) is 5.28 Å². The molecule has 18 heavy (non-hydrogen) atoms. The van der Waals surface area contributed by atoms with Gasteiger partial charge in [-0.15, -0.1) is 0 Å². The second kappa shape index (κ2) is 4.76. The molecule has 2 heterocycles. The molecule has 1 aromatic rings. The maximum atomic E-state index is 5.93. The van der Waals surface area contributed by atoms with Crippen LogP contribution < -0.4 is 9.80 Å². The normalized spacial score (nSPS) is 21.7. The minimum Gasteiger partial charge on any atom is -0.344 e. The molecule has 0 saturated carbocycles. The zero-order valence-corrected chi connectivity index (χ0v) is 12.2. The molecular weight excluding hydrogens is 248 g/mol. The van der Waals surface area contributed by atoms with Gasteiger partial charge in [0, 0.05) is 18.8 Å². The number of hydrogen-bond acceptors (Lipinski definition) is 4. The van der Waals surface area contributed by atoms with E-state index in [1.54, 1.807) is 6.20 Å². The zero-order valence-electron chi connectivity index (χ0n) is 11.5. The molecule has 0 bridgehead atoms. The SMILES string of the molecule is CC=C1C(C)N(C(C)C)c2nc(Cl)ncc2N1C. The number of halogens is 1. The van der Waals surface area contributed by atoms with Crippen molar-refractivity contribution in [2.75, 3.05) is 16.8 Å². The van der Waals surface area contributed by atoms with Crippen molar-refractivity contribution >= 4 is 23.1 Å². The number of allylic oxidation sites excluding steroid dienone is 1. The van der Waals surface area contributed by atoms with E-state index in [1.807, 2.05) is 7.05 Å². The van der Waals surface area contributed by atoms with Crippen molar-refractivity contribution < 1.29 is 0 Å². The molecule has 1 aliphatic rings. The van der Waals surface area contributed by atoms with E-state index in [2.05, 4.69) is 53.5 Å². The van der Waals surface area contributed by atoms with Gasteiger partial charge < -0.3 is 9.80 Å². The average Bonchev–Trinajstić information content (AvgIpc) is 2.28. The number of rotatable bonds is 1. The van der Waals surface area contributed by atoms with Crippen molar-refractivity contribution in [1.29, 1.82) is 0 Å². The van der Waals surface area contributed by atoms with Gasteiger partial charge in [-0.3, -0.25) is 0 Å². The summed E-state index contributed by atoms with van der Waals surface area (Å²) in [6, 6.07) is 0.631. The summed E-state index contributed by atoms with van der Waals surface area (Å²) < 4.78 is 0. The van der Waals surface area contributed by atoms with E-state index in [-0.39, 0.29) is 6.04 Å². The van der Waals surface area contributed by atoms with Crippen molar-refractivity contribution in [2.24, 2.45) is 0 Å². The van der Waals surface area contributed by atoms with Gasteiger partial charge in [-0.1, -0.05) is 6.08 Å². The maximum Gasteiger partial charge on any atom is 0.224 e. The first-order valence-electron chi connectivity index (χ1n) is 6.18. The van der Waals surface area contributed by atoms with E-state index in [0.717, 1.165) is 11.5 Å². The molecule has 5 heteroatoms. The summed E-state index contributed by atoms with van der Waals surface area (Å²) in [4.78, 5) is 12.9. The lowest BCUT2D eigenvalue weighted by molar-refractivity contribution is 0.589. The van der Waals surface area contributed by atoms with Gasteiger partial charge in [0.2, 0.25) is 5.28 Å². The largest absolute Gasteiger partial charge is 0.344 e. The van der Waals surface area contributed by atoms with Crippen LogP contribution in [-0.4, -0.2) is 29.1 Å². The summed E-state index contributed by atoms with van der Waals surface area (Å²) in [5.41, 5.74) is 2.25. The number of likely N-dealkylation sites (N-methyl/N-ethyl adjacent to an activating group) is 1. The topological polar surface area (TPSA) is 32.3 Å². The molecule has 0 amide bonds. The Morgan fingerprint density at radius 1 is 1.44 bits per heavy atom. The van der Waals surface area contributed by atoms with Crippen molar-refractivity contribution in [3.05, 3.63) is 23.3 Å². The number of anilines is 2. The third-order valence-corrected chi connectivity index (χ3v) is 3.59. The van der Waals surface area contributed by atoms with Crippen molar-refractivity contribution in [1.82, 2.24) is 9.97 Å². The summed E-state index contributed by atoms with van der Waals surface area (Å²) in [6.07, 6.45) is 3.92. The fourth-order valence-electron chi connectivity index (χ4n) is 2.64. The summed E-state index contributed by atoms with van der Waals surface area (Å²) in [5.74, 6) is 0.908. The molecule has 4 nitrogen and oxygen atoms in total. The van der Waals surface area contributed by atoms with Crippen LogP contribution in [0.5, 0.6) is 0 Å². The third-order valence-electron chi connectivity index (χ3n) is 3.41. The van der Waals surface area contributed by atoms with Gasteiger partial charge in [0.25, 0.3) is 0 Å². The maximum absolute atomic E-state index is 5.93. The molecule has 0 aliphatic carbocycles. The number of fused-ring (bicyclic) bond motifs is 1.